The Morgan fingerprint density at radius 1 is 0.605 bits per heavy atom. The van der Waals surface area contributed by atoms with Gasteiger partial charge in [-0.25, -0.2) is 9.59 Å². The number of rotatable bonds is 12. The molecule has 198 valence electrons. The second-order valence-corrected chi connectivity index (χ2v) is 9.23. The third kappa shape index (κ3) is 7.03. The normalized spacial score (nSPS) is 11.1. The van der Waals surface area contributed by atoms with Gasteiger partial charge < -0.3 is 18.9 Å². The molecule has 0 unspecified atom stereocenters. The molecular formula is C32H34O6. The second kappa shape index (κ2) is 13.0. The van der Waals surface area contributed by atoms with Gasteiger partial charge in [-0.2, -0.15) is 0 Å². The predicted octanol–water partition coefficient (Wildman–Crippen LogP) is 7.71. The molecule has 0 spiro atoms. The number of fused-ring (bicyclic) bond motifs is 2. The lowest BCUT2D eigenvalue weighted by Crippen LogP contribution is -2.19. The van der Waals surface area contributed by atoms with Gasteiger partial charge in [-0.05, 0) is 82.9 Å². The summed E-state index contributed by atoms with van der Waals surface area (Å²) in [4.78, 5) is 24.5. The van der Waals surface area contributed by atoms with Gasteiger partial charge in [0.25, 0.3) is 0 Å². The van der Waals surface area contributed by atoms with Crippen molar-refractivity contribution in [1.82, 2.24) is 0 Å². The molecule has 4 aromatic carbocycles. The van der Waals surface area contributed by atoms with E-state index in [1.807, 2.05) is 67.6 Å². The first-order chi connectivity index (χ1) is 18.5. The first-order valence-electron chi connectivity index (χ1n) is 13.2. The standard InChI is InChI=1S/C32H34O6/c1-4-6-16-35-31(33)27-10-8-25-20-29(14-12-23(25)18-27)37-22(3)38-30-15-13-24-19-28(11-9-26(24)21-30)32(34)36-17-7-5-2/h8-15,18-22H,4-7,16-17H2,1-3H3. The summed E-state index contributed by atoms with van der Waals surface area (Å²) in [7, 11) is 0. The number of unbranched alkanes of at least 4 members (excludes halogenated alkanes) is 2. The van der Waals surface area contributed by atoms with E-state index in [2.05, 4.69) is 13.8 Å². The molecule has 0 N–H and O–H groups in total. The molecule has 6 heteroatoms. The SMILES string of the molecule is CCCCOC(=O)c1ccc2cc(OC(C)Oc3ccc4cc(C(=O)OCCCC)ccc4c3)ccc2c1. The second-order valence-electron chi connectivity index (χ2n) is 9.23. The van der Waals surface area contributed by atoms with Crippen LogP contribution >= 0.6 is 0 Å². The molecule has 0 fully saturated rings. The lowest BCUT2D eigenvalue weighted by atomic mass is 10.1. The van der Waals surface area contributed by atoms with Crippen LogP contribution in [0.25, 0.3) is 21.5 Å². The van der Waals surface area contributed by atoms with Gasteiger partial charge in [0.2, 0.25) is 6.29 Å². The fourth-order valence-corrected chi connectivity index (χ4v) is 4.04. The summed E-state index contributed by atoms with van der Waals surface area (Å²) < 4.78 is 22.6. The van der Waals surface area contributed by atoms with Gasteiger partial charge in [-0.15, -0.1) is 0 Å². The molecule has 4 rings (SSSR count). The van der Waals surface area contributed by atoms with Crippen LogP contribution in [0.4, 0.5) is 0 Å². The van der Waals surface area contributed by atoms with E-state index in [9.17, 15) is 9.59 Å². The monoisotopic (exact) mass is 514 g/mol. The summed E-state index contributed by atoms with van der Waals surface area (Å²) in [6.07, 6.45) is 3.14. The van der Waals surface area contributed by atoms with Crippen molar-refractivity contribution in [3.63, 3.8) is 0 Å². The average Bonchev–Trinajstić information content (AvgIpc) is 2.92. The molecule has 0 aliphatic carbocycles. The van der Waals surface area contributed by atoms with Gasteiger partial charge in [-0.1, -0.05) is 51.0 Å². The van der Waals surface area contributed by atoms with Crippen LogP contribution in [0.3, 0.4) is 0 Å². The maximum atomic E-state index is 12.2. The minimum atomic E-state index is -0.537. The molecule has 0 saturated heterocycles. The van der Waals surface area contributed by atoms with E-state index in [0.717, 1.165) is 47.2 Å². The zero-order valence-electron chi connectivity index (χ0n) is 22.2. The number of benzene rings is 4. The Hall–Kier alpha value is -4.06. The Kier molecular flexibility index (Phi) is 9.20. The van der Waals surface area contributed by atoms with E-state index in [4.69, 9.17) is 18.9 Å². The highest BCUT2D eigenvalue weighted by atomic mass is 16.7. The third-order valence-corrected chi connectivity index (χ3v) is 6.16. The molecule has 38 heavy (non-hydrogen) atoms. The van der Waals surface area contributed by atoms with Gasteiger partial charge in [0.1, 0.15) is 11.5 Å². The van der Waals surface area contributed by atoms with Crippen molar-refractivity contribution < 1.29 is 28.5 Å². The smallest absolute Gasteiger partial charge is 0.338 e. The number of ether oxygens (including phenoxy) is 4. The quantitative estimate of drug-likeness (QED) is 0.110. The van der Waals surface area contributed by atoms with Crippen molar-refractivity contribution in [2.75, 3.05) is 13.2 Å². The van der Waals surface area contributed by atoms with E-state index >= 15 is 0 Å². The first kappa shape index (κ1) is 27.0. The molecule has 0 aromatic heterocycles. The van der Waals surface area contributed by atoms with E-state index in [1.165, 1.54) is 0 Å². The molecular weight excluding hydrogens is 480 g/mol. The summed E-state index contributed by atoms with van der Waals surface area (Å²) in [5.74, 6) is 0.716. The van der Waals surface area contributed by atoms with E-state index in [0.29, 0.717) is 35.8 Å². The molecule has 0 aliphatic heterocycles. The lowest BCUT2D eigenvalue weighted by molar-refractivity contribution is 0.0225. The molecule has 0 bridgehead atoms. The summed E-state index contributed by atoms with van der Waals surface area (Å²) in [5, 5.41) is 3.77. The van der Waals surface area contributed by atoms with Crippen LogP contribution in [0.5, 0.6) is 11.5 Å². The van der Waals surface area contributed by atoms with Gasteiger partial charge in [0.05, 0.1) is 24.3 Å². The Labute approximate surface area is 223 Å². The summed E-state index contributed by atoms with van der Waals surface area (Å²) in [6.45, 7) is 6.82. The van der Waals surface area contributed by atoms with Crippen LogP contribution in [0.15, 0.2) is 72.8 Å². The molecule has 0 atom stereocenters. The van der Waals surface area contributed by atoms with Crippen LogP contribution in [-0.2, 0) is 9.47 Å². The van der Waals surface area contributed by atoms with Crippen molar-refractivity contribution in [3.05, 3.63) is 83.9 Å². The molecule has 4 aromatic rings. The topological polar surface area (TPSA) is 71.1 Å². The van der Waals surface area contributed by atoms with Crippen molar-refractivity contribution >= 4 is 33.5 Å². The number of esters is 2. The minimum Gasteiger partial charge on any atom is -0.462 e. The number of hydrogen-bond donors (Lipinski definition) is 0. The third-order valence-electron chi connectivity index (χ3n) is 6.16. The van der Waals surface area contributed by atoms with Gasteiger partial charge in [-0.3, -0.25) is 0 Å². The molecule has 0 radical (unpaired) electrons. The Bertz CT molecular complexity index is 1300. The summed E-state index contributed by atoms with van der Waals surface area (Å²) >= 11 is 0. The first-order valence-corrected chi connectivity index (χ1v) is 13.2. The highest BCUT2D eigenvalue weighted by Gasteiger charge is 2.12. The maximum absolute atomic E-state index is 12.2. The average molecular weight is 515 g/mol. The van der Waals surface area contributed by atoms with E-state index in [-0.39, 0.29) is 11.9 Å². The van der Waals surface area contributed by atoms with Crippen molar-refractivity contribution in [2.45, 2.75) is 52.7 Å². The molecule has 6 nitrogen and oxygen atoms in total. The van der Waals surface area contributed by atoms with E-state index < -0.39 is 6.29 Å². The van der Waals surface area contributed by atoms with Gasteiger partial charge in [0, 0.05) is 6.92 Å². The van der Waals surface area contributed by atoms with Crippen LogP contribution < -0.4 is 9.47 Å². The fourth-order valence-electron chi connectivity index (χ4n) is 4.04. The van der Waals surface area contributed by atoms with E-state index in [1.54, 1.807) is 12.1 Å². The van der Waals surface area contributed by atoms with Crippen molar-refractivity contribution in [2.24, 2.45) is 0 Å². The van der Waals surface area contributed by atoms with Crippen molar-refractivity contribution in [1.29, 1.82) is 0 Å². The Morgan fingerprint density at radius 2 is 1.00 bits per heavy atom. The largest absolute Gasteiger partial charge is 0.462 e. The van der Waals surface area contributed by atoms with Gasteiger partial charge >= 0.3 is 11.9 Å². The Balaban J connectivity index is 1.38. The number of hydrogen-bond acceptors (Lipinski definition) is 6. The number of carbonyl (C=O) groups is 2. The predicted molar refractivity (Wildman–Crippen MR) is 149 cm³/mol. The minimum absolute atomic E-state index is 0.304. The zero-order chi connectivity index (χ0) is 26.9. The van der Waals surface area contributed by atoms with Crippen LogP contribution in [-0.4, -0.2) is 31.4 Å². The van der Waals surface area contributed by atoms with Crippen LogP contribution in [0.2, 0.25) is 0 Å². The van der Waals surface area contributed by atoms with Crippen LogP contribution in [0.1, 0.15) is 67.2 Å². The van der Waals surface area contributed by atoms with Crippen molar-refractivity contribution in [3.8, 4) is 11.5 Å². The number of carbonyl (C=O) groups excluding carboxylic acids is 2. The lowest BCUT2D eigenvalue weighted by Gasteiger charge is -2.17. The highest BCUT2D eigenvalue weighted by molar-refractivity contribution is 5.96. The molecule has 0 saturated carbocycles. The Morgan fingerprint density at radius 3 is 1.42 bits per heavy atom. The van der Waals surface area contributed by atoms with Gasteiger partial charge in [0.15, 0.2) is 0 Å². The summed E-state index contributed by atoms with van der Waals surface area (Å²) in [6, 6.07) is 22.4. The summed E-state index contributed by atoms with van der Waals surface area (Å²) in [5.41, 5.74) is 1.08. The molecule has 0 aliphatic rings. The zero-order valence-corrected chi connectivity index (χ0v) is 22.2. The van der Waals surface area contributed by atoms with Crippen LogP contribution in [0, 0.1) is 0 Å². The highest BCUT2D eigenvalue weighted by Crippen LogP contribution is 2.26. The molecule has 0 amide bonds. The molecule has 0 heterocycles. The fraction of sp³-hybridized carbons (Fsp3) is 0.312. The maximum Gasteiger partial charge on any atom is 0.338 e.